The van der Waals surface area contributed by atoms with E-state index < -0.39 is 11.1 Å². The molecule has 0 aromatic heterocycles. The molecule has 0 unspecified atom stereocenters. The van der Waals surface area contributed by atoms with E-state index in [4.69, 9.17) is 9.47 Å². The van der Waals surface area contributed by atoms with Crippen molar-refractivity contribution in [2.24, 2.45) is 0 Å². The maximum atomic E-state index is 12.7. The van der Waals surface area contributed by atoms with Gasteiger partial charge < -0.3 is 14.4 Å². The molecule has 0 radical (unpaired) electrons. The summed E-state index contributed by atoms with van der Waals surface area (Å²) < 4.78 is 12.7. The lowest BCUT2D eigenvalue weighted by molar-refractivity contribution is -0.139. The molecule has 0 spiro atoms. The Bertz CT molecular complexity index is 816. The number of nitrogens with zero attached hydrogens (tertiary/aromatic N) is 2. The molecule has 2 aliphatic heterocycles. The van der Waals surface area contributed by atoms with Crippen molar-refractivity contribution in [2.75, 3.05) is 39.5 Å². The molecular formula is C18H18I2N2O5S. The van der Waals surface area contributed by atoms with E-state index in [1.54, 1.807) is 11.0 Å². The van der Waals surface area contributed by atoms with Crippen LogP contribution >= 0.6 is 56.9 Å². The van der Waals surface area contributed by atoms with Crippen LogP contribution < -0.4 is 4.74 Å². The van der Waals surface area contributed by atoms with Crippen molar-refractivity contribution in [3.05, 3.63) is 29.7 Å². The van der Waals surface area contributed by atoms with Crippen molar-refractivity contribution < 1.29 is 23.9 Å². The van der Waals surface area contributed by atoms with Gasteiger partial charge in [-0.2, -0.15) is 0 Å². The van der Waals surface area contributed by atoms with Crippen LogP contribution in [0, 0.1) is 7.14 Å². The lowest BCUT2D eigenvalue weighted by Crippen LogP contribution is -2.46. The van der Waals surface area contributed by atoms with Crippen molar-refractivity contribution in [1.29, 1.82) is 0 Å². The van der Waals surface area contributed by atoms with Gasteiger partial charge in [0, 0.05) is 13.1 Å². The monoisotopic (exact) mass is 628 g/mol. The van der Waals surface area contributed by atoms with Gasteiger partial charge in [0.1, 0.15) is 12.3 Å². The molecule has 0 saturated carbocycles. The predicted octanol–water partition coefficient (Wildman–Crippen LogP) is 3.19. The maximum Gasteiger partial charge on any atom is 0.294 e. The second-order valence-electron chi connectivity index (χ2n) is 6.01. The van der Waals surface area contributed by atoms with Crippen LogP contribution in [0.3, 0.4) is 0 Å². The number of morpholine rings is 1. The zero-order valence-corrected chi connectivity index (χ0v) is 20.2. The number of benzene rings is 1. The molecule has 3 rings (SSSR count). The third-order valence-corrected chi connectivity index (χ3v) is 6.65. The summed E-state index contributed by atoms with van der Waals surface area (Å²) in [5, 5.41) is -0.423. The zero-order valence-electron chi connectivity index (χ0n) is 15.1. The fourth-order valence-corrected chi connectivity index (χ4v) is 5.75. The van der Waals surface area contributed by atoms with Gasteiger partial charge in [-0.3, -0.25) is 19.3 Å². The van der Waals surface area contributed by atoms with Crippen LogP contribution in [0.15, 0.2) is 17.0 Å². The quantitative estimate of drug-likeness (QED) is 0.369. The predicted molar refractivity (Wildman–Crippen MR) is 123 cm³/mol. The summed E-state index contributed by atoms with van der Waals surface area (Å²) in [6.07, 6.45) is 1.68. The summed E-state index contributed by atoms with van der Waals surface area (Å²) >= 11 is 5.23. The molecule has 0 atom stereocenters. The largest absolute Gasteiger partial charge is 0.492 e. The zero-order chi connectivity index (χ0) is 20.3. The number of hydrogen-bond acceptors (Lipinski definition) is 6. The summed E-state index contributed by atoms with van der Waals surface area (Å²) in [5.74, 6) is 0.137. The number of carbonyl (C=O) groups excluding carboxylic acids is 3. The molecule has 2 saturated heterocycles. The second-order valence-corrected chi connectivity index (χ2v) is 9.33. The molecular weight excluding hydrogens is 610 g/mol. The van der Waals surface area contributed by atoms with Crippen LogP contribution in [0.1, 0.15) is 12.5 Å². The first kappa shape index (κ1) is 21.8. The van der Waals surface area contributed by atoms with Crippen molar-refractivity contribution in [3.8, 4) is 5.75 Å². The van der Waals surface area contributed by atoms with Crippen molar-refractivity contribution in [2.45, 2.75) is 6.92 Å². The van der Waals surface area contributed by atoms with Crippen LogP contribution in [-0.4, -0.2) is 66.3 Å². The standard InChI is InChI=1S/C18H18I2N2O5S/c1-2-27-16-12(19)7-11(8-13(16)20)9-14-17(24)22(18(25)28-14)10-15(23)21-3-5-26-6-4-21/h7-9H,2-6,10H2,1H3/b14-9+. The first-order valence-corrected chi connectivity index (χ1v) is 11.6. The third kappa shape index (κ3) is 5.00. The van der Waals surface area contributed by atoms with Crippen molar-refractivity contribution >= 4 is 80.1 Å². The number of rotatable bonds is 5. The van der Waals surface area contributed by atoms with E-state index in [9.17, 15) is 14.4 Å². The Balaban J connectivity index is 1.74. The van der Waals surface area contributed by atoms with Crippen molar-refractivity contribution in [1.82, 2.24) is 9.80 Å². The SMILES string of the molecule is CCOc1c(I)cc(/C=C2/SC(=O)N(CC(=O)N3CCOCC3)C2=O)cc1I. The first-order chi connectivity index (χ1) is 13.4. The summed E-state index contributed by atoms with van der Waals surface area (Å²) in [4.78, 5) is 40.3. The highest BCUT2D eigenvalue weighted by atomic mass is 127. The molecule has 1 aromatic carbocycles. The molecule has 1 aromatic rings. The van der Waals surface area contributed by atoms with Crippen LogP contribution in [0.2, 0.25) is 0 Å². The minimum Gasteiger partial charge on any atom is -0.492 e. The maximum absolute atomic E-state index is 12.7. The molecule has 2 aliphatic rings. The average Bonchev–Trinajstić information content (AvgIpc) is 2.93. The Morgan fingerprint density at radius 1 is 1.25 bits per heavy atom. The molecule has 2 fully saturated rings. The van der Waals surface area contributed by atoms with Gasteiger partial charge >= 0.3 is 0 Å². The van der Waals surface area contributed by atoms with Crippen LogP contribution in [0.5, 0.6) is 5.75 Å². The molecule has 10 heteroatoms. The molecule has 150 valence electrons. The number of imide groups is 1. The van der Waals surface area contributed by atoms with Crippen LogP contribution in [0.4, 0.5) is 4.79 Å². The topological polar surface area (TPSA) is 76.2 Å². The van der Waals surface area contributed by atoms with E-state index in [2.05, 4.69) is 45.2 Å². The molecule has 28 heavy (non-hydrogen) atoms. The summed E-state index contributed by atoms with van der Waals surface area (Å²) in [6, 6.07) is 3.81. The lowest BCUT2D eigenvalue weighted by Gasteiger charge is -2.28. The molecule has 0 bridgehead atoms. The fraction of sp³-hybridized carbons (Fsp3) is 0.389. The molecule has 2 heterocycles. The smallest absolute Gasteiger partial charge is 0.294 e. The molecule has 0 N–H and O–H groups in total. The summed E-state index contributed by atoms with van der Waals surface area (Å²) in [7, 11) is 0. The van der Waals surface area contributed by atoms with Gasteiger partial charge in [0.2, 0.25) is 5.91 Å². The van der Waals surface area contributed by atoms with Gasteiger partial charge in [-0.15, -0.1) is 0 Å². The normalized spacial score (nSPS) is 18.9. The van der Waals surface area contributed by atoms with Gasteiger partial charge in [0.15, 0.2) is 0 Å². The number of thioether (sulfide) groups is 1. The fourth-order valence-electron chi connectivity index (χ4n) is 2.78. The number of ether oxygens (including phenoxy) is 2. The van der Waals surface area contributed by atoms with E-state index in [0.717, 1.165) is 35.1 Å². The van der Waals surface area contributed by atoms with E-state index in [0.29, 0.717) is 37.8 Å². The highest BCUT2D eigenvalue weighted by molar-refractivity contribution is 14.1. The van der Waals surface area contributed by atoms with Gasteiger partial charge in [0.05, 0.1) is 31.9 Å². The lowest BCUT2D eigenvalue weighted by atomic mass is 10.2. The van der Waals surface area contributed by atoms with E-state index in [1.165, 1.54) is 0 Å². The number of halogens is 2. The van der Waals surface area contributed by atoms with Gasteiger partial charge in [0.25, 0.3) is 11.1 Å². The third-order valence-electron chi connectivity index (χ3n) is 4.14. The minimum atomic E-state index is -0.435. The van der Waals surface area contributed by atoms with Gasteiger partial charge in [-0.25, -0.2) is 0 Å². The summed E-state index contributed by atoms with van der Waals surface area (Å²) in [6.45, 7) is 4.17. The van der Waals surface area contributed by atoms with E-state index in [-0.39, 0.29) is 12.5 Å². The molecule has 3 amide bonds. The number of carbonyl (C=O) groups is 3. The molecule has 0 aliphatic carbocycles. The Morgan fingerprint density at radius 2 is 1.89 bits per heavy atom. The average molecular weight is 628 g/mol. The Labute approximate surface area is 194 Å². The second kappa shape index (κ2) is 9.76. The first-order valence-electron chi connectivity index (χ1n) is 8.63. The minimum absolute atomic E-state index is 0.236. The van der Waals surface area contributed by atoms with E-state index in [1.807, 2.05) is 19.1 Å². The highest BCUT2D eigenvalue weighted by Gasteiger charge is 2.37. The summed E-state index contributed by atoms with van der Waals surface area (Å²) in [5.41, 5.74) is 0.808. The van der Waals surface area contributed by atoms with Crippen LogP contribution in [0.25, 0.3) is 6.08 Å². The highest BCUT2D eigenvalue weighted by Crippen LogP contribution is 2.34. The number of amides is 3. The molecule has 7 nitrogen and oxygen atoms in total. The van der Waals surface area contributed by atoms with Crippen LogP contribution in [-0.2, 0) is 14.3 Å². The van der Waals surface area contributed by atoms with Crippen molar-refractivity contribution in [3.63, 3.8) is 0 Å². The Kier molecular flexibility index (Phi) is 7.61. The van der Waals surface area contributed by atoms with Gasteiger partial charge in [-0.1, -0.05) is 0 Å². The van der Waals surface area contributed by atoms with Gasteiger partial charge in [-0.05, 0) is 87.6 Å². The Hall–Kier alpha value is -0.860. The Morgan fingerprint density at radius 3 is 2.50 bits per heavy atom. The number of hydrogen-bond donors (Lipinski definition) is 0. The van der Waals surface area contributed by atoms with E-state index >= 15 is 0 Å².